The van der Waals surface area contributed by atoms with Gasteiger partial charge in [-0.05, 0) is 49.6 Å². The molecule has 28 heavy (non-hydrogen) atoms. The molecule has 1 fully saturated rings. The highest BCUT2D eigenvalue weighted by Gasteiger charge is 2.25. The summed E-state index contributed by atoms with van der Waals surface area (Å²) in [6.45, 7) is 4.15. The van der Waals surface area contributed by atoms with E-state index in [1.165, 1.54) is 21.8 Å². The Morgan fingerprint density at radius 3 is 2.71 bits per heavy atom. The number of amides is 2. The average Bonchev–Trinajstić information content (AvgIpc) is 3.05. The standard InChI is InChI=1S/C23H25N3O2/c1-2-26-20-8-4-3-7-18(20)19-14-16(9-11-21(19)26)10-12-22(27)25-13-5-6-17(15-25)23(24)28/h3-4,7-12,14,17H,2,5-6,13,15H2,1H3,(H2,24,28). The van der Waals surface area contributed by atoms with Gasteiger partial charge in [0.05, 0.1) is 5.92 Å². The first-order chi connectivity index (χ1) is 13.6. The van der Waals surface area contributed by atoms with Crippen LogP contribution in [0.15, 0.2) is 48.5 Å². The molecule has 2 N–H and O–H groups in total. The van der Waals surface area contributed by atoms with Crippen LogP contribution in [-0.2, 0) is 16.1 Å². The number of nitrogens with zero attached hydrogens (tertiary/aromatic N) is 2. The third kappa shape index (κ3) is 3.28. The van der Waals surface area contributed by atoms with E-state index in [1.807, 2.05) is 12.1 Å². The van der Waals surface area contributed by atoms with Crippen LogP contribution < -0.4 is 5.73 Å². The van der Waals surface area contributed by atoms with E-state index in [-0.39, 0.29) is 17.7 Å². The predicted octanol–water partition coefficient (Wildman–Crippen LogP) is 3.55. The second kappa shape index (κ2) is 7.50. The Morgan fingerprint density at radius 1 is 1.14 bits per heavy atom. The number of piperidine rings is 1. The van der Waals surface area contributed by atoms with Crippen LogP contribution in [0.4, 0.5) is 0 Å². The van der Waals surface area contributed by atoms with Crippen molar-refractivity contribution in [3.05, 3.63) is 54.1 Å². The second-order valence-corrected chi connectivity index (χ2v) is 7.40. The number of nitrogens with two attached hydrogens (primary N) is 1. The lowest BCUT2D eigenvalue weighted by molar-refractivity contribution is -0.130. The summed E-state index contributed by atoms with van der Waals surface area (Å²) in [6.07, 6.45) is 5.04. The molecule has 1 saturated heterocycles. The van der Waals surface area contributed by atoms with Gasteiger partial charge in [-0.2, -0.15) is 0 Å². The van der Waals surface area contributed by atoms with E-state index in [0.29, 0.717) is 13.1 Å². The van der Waals surface area contributed by atoms with Gasteiger partial charge in [0.25, 0.3) is 0 Å². The molecule has 1 aromatic heterocycles. The number of hydrogen-bond donors (Lipinski definition) is 1. The summed E-state index contributed by atoms with van der Waals surface area (Å²) >= 11 is 0. The van der Waals surface area contributed by atoms with Crippen molar-refractivity contribution in [2.45, 2.75) is 26.3 Å². The van der Waals surface area contributed by atoms with Gasteiger partial charge in [0.15, 0.2) is 0 Å². The minimum Gasteiger partial charge on any atom is -0.369 e. The summed E-state index contributed by atoms with van der Waals surface area (Å²) in [5.41, 5.74) is 8.82. The molecule has 1 aliphatic heterocycles. The molecule has 1 aliphatic rings. The molecule has 0 saturated carbocycles. The number of likely N-dealkylation sites (tertiary alicyclic amines) is 1. The topological polar surface area (TPSA) is 68.3 Å². The van der Waals surface area contributed by atoms with Gasteiger partial charge in [-0.3, -0.25) is 9.59 Å². The fraction of sp³-hybridized carbons (Fsp3) is 0.304. The Morgan fingerprint density at radius 2 is 1.93 bits per heavy atom. The van der Waals surface area contributed by atoms with Crippen molar-refractivity contribution >= 4 is 39.7 Å². The Kier molecular flexibility index (Phi) is 4.90. The largest absolute Gasteiger partial charge is 0.369 e. The van der Waals surface area contributed by atoms with Gasteiger partial charge in [-0.15, -0.1) is 0 Å². The molecule has 0 bridgehead atoms. The zero-order valence-electron chi connectivity index (χ0n) is 16.1. The van der Waals surface area contributed by atoms with E-state index in [0.717, 1.165) is 24.9 Å². The number of hydrogen-bond acceptors (Lipinski definition) is 2. The van der Waals surface area contributed by atoms with Crippen molar-refractivity contribution in [1.29, 1.82) is 0 Å². The van der Waals surface area contributed by atoms with Gasteiger partial charge in [0, 0.05) is 47.5 Å². The Bertz CT molecular complexity index is 1080. The molecule has 1 unspecified atom stereocenters. The van der Waals surface area contributed by atoms with Crippen LogP contribution in [0, 0.1) is 5.92 Å². The second-order valence-electron chi connectivity index (χ2n) is 7.40. The van der Waals surface area contributed by atoms with E-state index in [9.17, 15) is 9.59 Å². The van der Waals surface area contributed by atoms with Gasteiger partial charge >= 0.3 is 0 Å². The van der Waals surface area contributed by atoms with Crippen LogP contribution >= 0.6 is 0 Å². The van der Waals surface area contributed by atoms with Crippen LogP contribution in [-0.4, -0.2) is 34.4 Å². The van der Waals surface area contributed by atoms with Crippen LogP contribution in [0.25, 0.3) is 27.9 Å². The highest BCUT2D eigenvalue weighted by atomic mass is 16.2. The van der Waals surface area contributed by atoms with Crippen molar-refractivity contribution in [1.82, 2.24) is 9.47 Å². The van der Waals surface area contributed by atoms with E-state index in [4.69, 9.17) is 5.73 Å². The summed E-state index contributed by atoms with van der Waals surface area (Å²) < 4.78 is 2.31. The Labute approximate surface area is 164 Å². The number of carbonyl (C=O) groups is 2. The highest BCUT2D eigenvalue weighted by Crippen LogP contribution is 2.30. The van der Waals surface area contributed by atoms with Crippen molar-refractivity contribution in [2.24, 2.45) is 11.7 Å². The first-order valence-electron chi connectivity index (χ1n) is 9.85. The molecule has 0 aliphatic carbocycles. The summed E-state index contributed by atoms with van der Waals surface area (Å²) in [4.78, 5) is 25.7. The van der Waals surface area contributed by atoms with Gasteiger partial charge in [-0.1, -0.05) is 24.3 Å². The maximum absolute atomic E-state index is 12.5. The number of carbonyl (C=O) groups excluding carboxylic acids is 2. The molecule has 3 aromatic rings. The number of aromatic nitrogens is 1. The number of primary amides is 1. The maximum atomic E-state index is 12.5. The lowest BCUT2D eigenvalue weighted by Gasteiger charge is -2.30. The minimum atomic E-state index is -0.320. The smallest absolute Gasteiger partial charge is 0.246 e. The van der Waals surface area contributed by atoms with Crippen molar-refractivity contribution in [3.63, 3.8) is 0 Å². The zero-order chi connectivity index (χ0) is 19.7. The Balaban J connectivity index is 1.60. The molecular weight excluding hydrogens is 350 g/mol. The van der Waals surface area contributed by atoms with Crippen molar-refractivity contribution in [3.8, 4) is 0 Å². The monoisotopic (exact) mass is 375 g/mol. The van der Waals surface area contributed by atoms with E-state index >= 15 is 0 Å². The van der Waals surface area contributed by atoms with Gasteiger partial charge < -0.3 is 15.2 Å². The van der Waals surface area contributed by atoms with Gasteiger partial charge in [0.2, 0.25) is 11.8 Å². The molecule has 0 spiro atoms. The summed E-state index contributed by atoms with van der Waals surface area (Å²) in [5.74, 6) is -0.621. The molecule has 5 nitrogen and oxygen atoms in total. The lowest BCUT2D eigenvalue weighted by Crippen LogP contribution is -2.43. The first-order valence-corrected chi connectivity index (χ1v) is 9.85. The van der Waals surface area contributed by atoms with E-state index < -0.39 is 0 Å². The summed E-state index contributed by atoms with van der Waals surface area (Å²) in [7, 11) is 0. The number of rotatable bonds is 4. The molecule has 144 valence electrons. The SMILES string of the molecule is CCn1c2ccccc2c2cc(C=CC(=O)N3CCCC(C(N)=O)C3)ccc21. The minimum absolute atomic E-state index is 0.0676. The van der Waals surface area contributed by atoms with Crippen LogP contribution in [0.1, 0.15) is 25.3 Å². The van der Waals surface area contributed by atoms with Crippen LogP contribution in [0.3, 0.4) is 0 Å². The molecule has 2 amide bonds. The highest BCUT2D eigenvalue weighted by molar-refractivity contribution is 6.08. The zero-order valence-corrected chi connectivity index (χ0v) is 16.1. The van der Waals surface area contributed by atoms with E-state index in [1.54, 1.807) is 11.0 Å². The van der Waals surface area contributed by atoms with Gasteiger partial charge in [-0.25, -0.2) is 0 Å². The van der Waals surface area contributed by atoms with Crippen molar-refractivity contribution < 1.29 is 9.59 Å². The fourth-order valence-corrected chi connectivity index (χ4v) is 4.20. The number of benzene rings is 2. The fourth-order valence-electron chi connectivity index (χ4n) is 4.20. The molecule has 2 aromatic carbocycles. The molecule has 5 heteroatoms. The molecular formula is C23H25N3O2. The number of aryl methyl sites for hydroxylation is 1. The lowest BCUT2D eigenvalue weighted by atomic mass is 9.97. The van der Waals surface area contributed by atoms with Gasteiger partial charge in [0.1, 0.15) is 0 Å². The van der Waals surface area contributed by atoms with Crippen LogP contribution in [0.5, 0.6) is 0 Å². The van der Waals surface area contributed by atoms with Crippen LogP contribution in [0.2, 0.25) is 0 Å². The molecule has 4 rings (SSSR count). The molecule has 1 atom stereocenters. The normalized spacial score (nSPS) is 17.6. The quantitative estimate of drug-likeness (QED) is 0.709. The Hall–Kier alpha value is -3.08. The summed E-state index contributed by atoms with van der Waals surface area (Å²) in [5, 5.41) is 2.42. The summed E-state index contributed by atoms with van der Waals surface area (Å²) in [6, 6.07) is 14.7. The average molecular weight is 375 g/mol. The first kappa shape index (κ1) is 18.3. The van der Waals surface area contributed by atoms with Crippen molar-refractivity contribution in [2.75, 3.05) is 13.1 Å². The number of fused-ring (bicyclic) bond motifs is 3. The molecule has 0 radical (unpaired) electrons. The predicted molar refractivity (Wildman–Crippen MR) is 113 cm³/mol. The number of para-hydroxylation sites is 1. The third-order valence-electron chi connectivity index (χ3n) is 5.67. The maximum Gasteiger partial charge on any atom is 0.246 e. The molecule has 2 heterocycles. The van der Waals surface area contributed by atoms with E-state index in [2.05, 4.69) is 47.9 Å². The third-order valence-corrected chi connectivity index (χ3v) is 5.67.